The second-order valence-corrected chi connectivity index (χ2v) is 7.09. The Bertz CT molecular complexity index is 651. The van der Waals surface area contributed by atoms with Crippen LogP contribution in [-0.4, -0.2) is 30.2 Å². The van der Waals surface area contributed by atoms with Gasteiger partial charge in [-0.3, -0.25) is 4.21 Å². The number of hydrogen-bond donors (Lipinski definition) is 1. The highest BCUT2D eigenvalue weighted by atomic mass is 32.2. The number of imidazole rings is 1. The summed E-state index contributed by atoms with van der Waals surface area (Å²) in [6.07, 6.45) is 4.82. The minimum atomic E-state index is -0.702. The van der Waals surface area contributed by atoms with Crippen LogP contribution in [0.5, 0.6) is 0 Å². The molecule has 2 N–H and O–H groups in total. The molecule has 0 saturated heterocycles. The van der Waals surface area contributed by atoms with Gasteiger partial charge in [-0.05, 0) is 32.3 Å². The third kappa shape index (κ3) is 3.61. The van der Waals surface area contributed by atoms with Crippen molar-refractivity contribution in [1.82, 2.24) is 14.5 Å². The van der Waals surface area contributed by atoms with Crippen molar-refractivity contribution in [1.29, 1.82) is 0 Å². The van der Waals surface area contributed by atoms with E-state index in [0.717, 1.165) is 59.7 Å². The van der Waals surface area contributed by atoms with Gasteiger partial charge in [0.2, 0.25) is 0 Å². The predicted octanol–water partition coefficient (Wildman–Crippen LogP) is 2.57. The first-order chi connectivity index (χ1) is 10.0. The molecular formula is C15H24N4OS. The number of anilines is 1. The Morgan fingerprint density at radius 1 is 1.29 bits per heavy atom. The number of nitrogen functional groups attached to an aromatic ring is 1. The normalized spacial score (nSPS) is 12.9. The first-order valence-corrected chi connectivity index (χ1v) is 8.96. The summed E-state index contributed by atoms with van der Waals surface area (Å²) >= 11 is 0. The summed E-state index contributed by atoms with van der Waals surface area (Å²) in [5.41, 5.74) is 8.81. The summed E-state index contributed by atoms with van der Waals surface area (Å²) in [4.78, 5) is 8.68. The Morgan fingerprint density at radius 3 is 2.71 bits per heavy atom. The number of unbranched alkanes of at least 4 members (excludes halogenated alkanes) is 1. The van der Waals surface area contributed by atoms with Crippen LogP contribution >= 0.6 is 0 Å². The van der Waals surface area contributed by atoms with Gasteiger partial charge in [0.15, 0.2) is 5.82 Å². The van der Waals surface area contributed by atoms with Gasteiger partial charge in [-0.2, -0.15) is 0 Å². The fraction of sp³-hybridized carbons (Fsp3) is 0.600. The SMILES string of the molecule is CCCCS(=O)CCCn1c(C)nc2c(N)ncc(C)c21. The highest BCUT2D eigenvalue weighted by molar-refractivity contribution is 7.84. The van der Waals surface area contributed by atoms with E-state index >= 15 is 0 Å². The molecule has 0 aromatic carbocycles. The number of aromatic nitrogens is 3. The Morgan fingerprint density at radius 2 is 2.00 bits per heavy atom. The molecule has 116 valence electrons. The van der Waals surface area contributed by atoms with E-state index in [1.807, 2.05) is 13.8 Å². The molecule has 0 fully saturated rings. The van der Waals surface area contributed by atoms with E-state index < -0.39 is 10.8 Å². The van der Waals surface area contributed by atoms with Crippen LogP contribution < -0.4 is 5.73 Å². The van der Waals surface area contributed by atoms with E-state index in [9.17, 15) is 4.21 Å². The van der Waals surface area contributed by atoms with Gasteiger partial charge < -0.3 is 10.3 Å². The average Bonchev–Trinajstić information content (AvgIpc) is 2.79. The molecule has 0 aliphatic carbocycles. The number of hydrogen-bond acceptors (Lipinski definition) is 4. The molecule has 0 spiro atoms. The molecule has 6 heteroatoms. The van der Waals surface area contributed by atoms with Crippen molar-refractivity contribution in [2.24, 2.45) is 0 Å². The third-order valence-electron chi connectivity index (χ3n) is 3.65. The van der Waals surface area contributed by atoms with Crippen LogP contribution in [0.3, 0.4) is 0 Å². The predicted molar refractivity (Wildman–Crippen MR) is 88.8 cm³/mol. The van der Waals surface area contributed by atoms with E-state index in [-0.39, 0.29) is 0 Å². The molecule has 2 aromatic heterocycles. The summed E-state index contributed by atoms with van der Waals surface area (Å²) in [7, 11) is -0.702. The maximum absolute atomic E-state index is 11.9. The minimum absolute atomic E-state index is 0.476. The summed E-state index contributed by atoms with van der Waals surface area (Å²) in [6.45, 7) is 6.95. The van der Waals surface area contributed by atoms with Crippen LogP contribution in [-0.2, 0) is 17.3 Å². The number of rotatable bonds is 7. The van der Waals surface area contributed by atoms with Crippen molar-refractivity contribution < 1.29 is 4.21 Å². The standard InChI is InChI=1S/C15H24N4OS/c1-4-5-8-21(20)9-6-7-19-12(3)18-13-14(19)11(2)10-17-15(13)16/h10H,4-9H2,1-3H3,(H2,16,17). The highest BCUT2D eigenvalue weighted by Gasteiger charge is 2.13. The Kier molecular flexibility index (Phi) is 5.33. The lowest BCUT2D eigenvalue weighted by molar-refractivity contribution is 0.654. The van der Waals surface area contributed by atoms with Crippen molar-refractivity contribution in [2.45, 2.75) is 46.6 Å². The van der Waals surface area contributed by atoms with Gasteiger partial charge in [-0.1, -0.05) is 13.3 Å². The molecule has 0 aliphatic heterocycles. The van der Waals surface area contributed by atoms with Crippen LogP contribution in [0.4, 0.5) is 5.82 Å². The summed E-state index contributed by atoms with van der Waals surface area (Å²) in [5.74, 6) is 2.98. The summed E-state index contributed by atoms with van der Waals surface area (Å²) in [5, 5.41) is 0. The maximum atomic E-state index is 11.9. The number of nitrogens with zero attached hydrogens (tertiary/aromatic N) is 3. The summed E-state index contributed by atoms with van der Waals surface area (Å²) in [6, 6.07) is 0. The Balaban J connectivity index is 2.10. The lowest BCUT2D eigenvalue weighted by atomic mass is 10.2. The molecule has 1 atom stereocenters. The van der Waals surface area contributed by atoms with E-state index in [2.05, 4.69) is 21.5 Å². The first kappa shape index (κ1) is 15.9. The summed E-state index contributed by atoms with van der Waals surface area (Å²) < 4.78 is 14.0. The number of nitrogens with two attached hydrogens (primary N) is 1. The van der Waals surface area contributed by atoms with Crippen LogP contribution in [0.1, 0.15) is 37.6 Å². The Labute approximate surface area is 128 Å². The third-order valence-corrected chi connectivity index (χ3v) is 5.14. The van der Waals surface area contributed by atoms with Crippen molar-refractivity contribution in [2.75, 3.05) is 17.2 Å². The Hall–Kier alpha value is -1.43. The number of aryl methyl sites for hydroxylation is 3. The smallest absolute Gasteiger partial charge is 0.151 e. The molecule has 1 unspecified atom stereocenters. The van der Waals surface area contributed by atoms with Gasteiger partial charge in [0.05, 0.1) is 5.52 Å². The van der Waals surface area contributed by atoms with Gasteiger partial charge in [0, 0.05) is 35.0 Å². The second kappa shape index (κ2) is 7.02. The van der Waals surface area contributed by atoms with Crippen molar-refractivity contribution >= 4 is 27.7 Å². The molecule has 0 amide bonds. The zero-order chi connectivity index (χ0) is 15.4. The zero-order valence-corrected chi connectivity index (χ0v) is 13.9. The molecule has 0 saturated carbocycles. The minimum Gasteiger partial charge on any atom is -0.382 e. The van der Waals surface area contributed by atoms with Gasteiger partial charge in [-0.15, -0.1) is 0 Å². The van der Waals surface area contributed by atoms with Crippen LogP contribution in [0.2, 0.25) is 0 Å². The maximum Gasteiger partial charge on any atom is 0.151 e. The molecular weight excluding hydrogens is 284 g/mol. The quantitative estimate of drug-likeness (QED) is 0.853. The van der Waals surface area contributed by atoms with E-state index in [1.54, 1.807) is 6.20 Å². The fourth-order valence-electron chi connectivity index (χ4n) is 2.50. The largest absolute Gasteiger partial charge is 0.382 e. The van der Waals surface area contributed by atoms with E-state index in [4.69, 9.17) is 5.73 Å². The molecule has 2 aromatic rings. The van der Waals surface area contributed by atoms with Crippen LogP contribution in [0.15, 0.2) is 6.20 Å². The zero-order valence-electron chi connectivity index (χ0n) is 13.1. The van der Waals surface area contributed by atoms with Gasteiger partial charge in [0.1, 0.15) is 11.3 Å². The van der Waals surface area contributed by atoms with Crippen LogP contribution in [0, 0.1) is 13.8 Å². The fourth-order valence-corrected chi connectivity index (χ4v) is 3.76. The molecule has 0 bridgehead atoms. The molecule has 2 rings (SSSR count). The second-order valence-electron chi connectivity index (χ2n) is 5.39. The van der Waals surface area contributed by atoms with Gasteiger partial charge in [-0.25, -0.2) is 9.97 Å². The molecule has 0 radical (unpaired) electrons. The molecule has 0 aliphatic rings. The van der Waals surface area contributed by atoms with Gasteiger partial charge in [0.25, 0.3) is 0 Å². The molecule has 5 nitrogen and oxygen atoms in total. The molecule has 21 heavy (non-hydrogen) atoms. The van der Waals surface area contributed by atoms with E-state index in [0.29, 0.717) is 5.82 Å². The first-order valence-electron chi connectivity index (χ1n) is 7.47. The number of pyridine rings is 1. The monoisotopic (exact) mass is 308 g/mol. The molecule has 2 heterocycles. The average molecular weight is 308 g/mol. The van der Waals surface area contributed by atoms with E-state index in [1.165, 1.54) is 0 Å². The lowest BCUT2D eigenvalue weighted by Crippen LogP contribution is -2.08. The van der Waals surface area contributed by atoms with Crippen molar-refractivity contribution in [3.63, 3.8) is 0 Å². The highest BCUT2D eigenvalue weighted by Crippen LogP contribution is 2.23. The lowest BCUT2D eigenvalue weighted by Gasteiger charge is -2.08. The van der Waals surface area contributed by atoms with Crippen LogP contribution in [0.25, 0.3) is 11.0 Å². The number of fused-ring (bicyclic) bond motifs is 1. The van der Waals surface area contributed by atoms with Crippen molar-refractivity contribution in [3.8, 4) is 0 Å². The topological polar surface area (TPSA) is 73.8 Å². The van der Waals surface area contributed by atoms with Crippen molar-refractivity contribution in [3.05, 3.63) is 17.6 Å². The van der Waals surface area contributed by atoms with Gasteiger partial charge >= 0.3 is 0 Å².